The Labute approximate surface area is 95.0 Å². The molecule has 88 valence electrons. The van der Waals surface area contributed by atoms with E-state index in [1.54, 1.807) is 11.8 Å². The van der Waals surface area contributed by atoms with Crippen molar-refractivity contribution in [1.29, 1.82) is 0 Å². The fourth-order valence-corrected chi connectivity index (χ4v) is 1.80. The molecule has 0 spiro atoms. The van der Waals surface area contributed by atoms with Crippen molar-refractivity contribution in [3.05, 3.63) is 0 Å². The van der Waals surface area contributed by atoms with Gasteiger partial charge in [0.2, 0.25) is 5.91 Å². The molecule has 1 amide bonds. The first kappa shape index (κ1) is 14.2. The molecule has 0 aromatic heterocycles. The largest absolute Gasteiger partial charge is 0.481 e. The van der Waals surface area contributed by atoms with Crippen molar-refractivity contribution in [1.82, 2.24) is 4.90 Å². The lowest BCUT2D eigenvalue weighted by atomic mass is 10.1. The molecule has 1 aliphatic rings. The van der Waals surface area contributed by atoms with E-state index in [1.165, 1.54) is 0 Å². The van der Waals surface area contributed by atoms with Crippen LogP contribution >= 0.6 is 12.4 Å². The van der Waals surface area contributed by atoms with Gasteiger partial charge in [0.25, 0.3) is 0 Å². The zero-order valence-electron chi connectivity index (χ0n) is 8.68. The van der Waals surface area contributed by atoms with E-state index < -0.39 is 12.0 Å². The first-order chi connectivity index (χ1) is 6.52. The van der Waals surface area contributed by atoms with Crippen LogP contribution in [0.15, 0.2) is 0 Å². The van der Waals surface area contributed by atoms with E-state index in [9.17, 15) is 9.59 Å². The number of rotatable bonds is 3. The monoisotopic (exact) mass is 236 g/mol. The summed E-state index contributed by atoms with van der Waals surface area (Å²) in [5.41, 5.74) is 5.47. The highest BCUT2D eigenvalue weighted by molar-refractivity contribution is 5.85. The molecule has 1 fully saturated rings. The minimum absolute atomic E-state index is 0. The molecule has 15 heavy (non-hydrogen) atoms. The highest BCUT2D eigenvalue weighted by Gasteiger charge is 2.31. The molecule has 2 atom stereocenters. The number of hydrogen-bond acceptors (Lipinski definition) is 3. The molecule has 0 radical (unpaired) electrons. The van der Waals surface area contributed by atoms with Crippen LogP contribution in [-0.4, -0.2) is 40.5 Å². The predicted molar refractivity (Wildman–Crippen MR) is 57.9 cm³/mol. The molecular formula is C9H17ClN2O3. The summed E-state index contributed by atoms with van der Waals surface area (Å²) in [5.74, 6) is -1.01. The van der Waals surface area contributed by atoms with Gasteiger partial charge in [-0.3, -0.25) is 9.59 Å². The highest BCUT2D eigenvalue weighted by Crippen LogP contribution is 2.20. The number of nitrogens with two attached hydrogens (primary N) is 1. The van der Waals surface area contributed by atoms with Crippen molar-refractivity contribution in [2.75, 3.05) is 6.54 Å². The van der Waals surface area contributed by atoms with E-state index in [4.69, 9.17) is 10.8 Å². The van der Waals surface area contributed by atoms with Crippen LogP contribution in [0.25, 0.3) is 0 Å². The first-order valence-electron chi connectivity index (χ1n) is 4.80. The Bertz CT molecular complexity index is 246. The smallest absolute Gasteiger partial charge is 0.305 e. The molecule has 0 aromatic carbocycles. The maximum absolute atomic E-state index is 11.5. The predicted octanol–water partition coefficient (Wildman–Crippen LogP) is 0.221. The standard InChI is InChI=1S/C9H16N2O3.ClH/c1-6(10)9(14)11-4-2-3-7(11)5-8(12)13;/h6-7H,2-5,10H2,1H3,(H,12,13);1H/t6-,7-;/m0./s1. The minimum atomic E-state index is -0.862. The van der Waals surface area contributed by atoms with Gasteiger partial charge in [-0.1, -0.05) is 0 Å². The lowest BCUT2D eigenvalue weighted by Crippen LogP contribution is -2.45. The maximum atomic E-state index is 11.5. The van der Waals surface area contributed by atoms with Crippen LogP contribution in [0, 0.1) is 0 Å². The minimum Gasteiger partial charge on any atom is -0.481 e. The Kier molecular flexibility index (Phi) is 5.60. The molecule has 0 unspecified atom stereocenters. The van der Waals surface area contributed by atoms with Crippen LogP contribution in [0.4, 0.5) is 0 Å². The normalized spacial score (nSPS) is 22.0. The third kappa shape index (κ3) is 3.68. The molecule has 5 nitrogen and oxygen atoms in total. The van der Waals surface area contributed by atoms with Gasteiger partial charge in [-0.25, -0.2) is 0 Å². The number of aliphatic carboxylic acids is 1. The Hall–Kier alpha value is -0.810. The maximum Gasteiger partial charge on any atom is 0.305 e. The Morgan fingerprint density at radius 3 is 2.67 bits per heavy atom. The number of carbonyl (C=O) groups excluding carboxylic acids is 1. The van der Waals surface area contributed by atoms with Crippen molar-refractivity contribution >= 4 is 24.3 Å². The fraction of sp³-hybridized carbons (Fsp3) is 0.778. The zero-order chi connectivity index (χ0) is 10.7. The van der Waals surface area contributed by atoms with Crippen molar-refractivity contribution in [3.8, 4) is 0 Å². The average Bonchev–Trinajstić information content (AvgIpc) is 2.49. The summed E-state index contributed by atoms with van der Waals surface area (Å²) in [6, 6.07) is -0.699. The summed E-state index contributed by atoms with van der Waals surface area (Å²) in [7, 11) is 0. The van der Waals surface area contributed by atoms with Gasteiger partial charge in [0.05, 0.1) is 12.5 Å². The van der Waals surface area contributed by atoms with E-state index in [1.807, 2.05) is 0 Å². The Balaban J connectivity index is 0.00000196. The van der Waals surface area contributed by atoms with Gasteiger partial charge in [-0.15, -0.1) is 12.4 Å². The second-order valence-corrected chi connectivity index (χ2v) is 3.71. The van der Waals surface area contributed by atoms with E-state index in [2.05, 4.69) is 0 Å². The number of halogens is 1. The van der Waals surface area contributed by atoms with Crippen LogP contribution < -0.4 is 5.73 Å². The van der Waals surface area contributed by atoms with Gasteiger partial charge in [-0.05, 0) is 19.8 Å². The van der Waals surface area contributed by atoms with E-state index in [-0.39, 0.29) is 30.8 Å². The summed E-state index contributed by atoms with van der Waals surface area (Å²) in [6.45, 7) is 2.26. The molecular weight excluding hydrogens is 220 g/mol. The number of hydrogen-bond donors (Lipinski definition) is 2. The quantitative estimate of drug-likeness (QED) is 0.734. The number of carboxylic acid groups (broad SMARTS) is 1. The summed E-state index contributed by atoms with van der Waals surface area (Å²) < 4.78 is 0. The van der Waals surface area contributed by atoms with Crippen LogP contribution in [0.3, 0.4) is 0 Å². The molecule has 0 bridgehead atoms. The van der Waals surface area contributed by atoms with E-state index in [0.717, 1.165) is 12.8 Å². The average molecular weight is 237 g/mol. The zero-order valence-corrected chi connectivity index (χ0v) is 9.50. The van der Waals surface area contributed by atoms with Crippen LogP contribution in [0.1, 0.15) is 26.2 Å². The van der Waals surface area contributed by atoms with Crippen LogP contribution in [0.5, 0.6) is 0 Å². The van der Waals surface area contributed by atoms with Crippen molar-refractivity contribution in [3.63, 3.8) is 0 Å². The third-order valence-corrected chi connectivity index (χ3v) is 2.46. The van der Waals surface area contributed by atoms with Crippen LogP contribution in [-0.2, 0) is 9.59 Å². The topological polar surface area (TPSA) is 83.6 Å². The van der Waals surface area contributed by atoms with Crippen molar-refractivity contribution in [2.45, 2.75) is 38.3 Å². The highest BCUT2D eigenvalue weighted by atomic mass is 35.5. The number of likely N-dealkylation sites (tertiary alicyclic amines) is 1. The molecule has 1 rings (SSSR count). The van der Waals surface area contributed by atoms with Crippen molar-refractivity contribution < 1.29 is 14.7 Å². The molecule has 6 heteroatoms. The van der Waals surface area contributed by atoms with E-state index >= 15 is 0 Å². The molecule has 1 heterocycles. The number of carboxylic acids is 1. The van der Waals surface area contributed by atoms with Crippen molar-refractivity contribution in [2.24, 2.45) is 5.73 Å². The number of carbonyl (C=O) groups is 2. The Morgan fingerprint density at radius 1 is 1.60 bits per heavy atom. The summed E-state index contributed by atoms with van der Waals surface area (Å²) in [5, 5.41) is 8.64. The molecule has 1 saturated heterocycles. The molecule has 0 aromatic rings. The first-order valence-corrected chi connectivity index (χ1v) is 4.80. The summed E-state index contributed by atoms with van der Waals surface area (Å²) in [6.07, 6.45) is 1.67. The van der Waals surface area contributed by atoms with Gasteiger partial charge < -0.3 is 15.7 Å². The second-order valence-electron chi connectivity index (χ2n) is 3.71. The molecule has 1 aliphatic heterocycles. The van der Waals surface area contributed by atoms with Crippen LogP contribution in [0.2, 0.25) is 0 Å². The third-order valence-electron chi connectivity index (χ3n) is 2.46. The fourth-order valence-electron chi connectivity index (χ4n) is 1.80. The number of nitrogens with zero attached hydrogens (tertiary/aromatic N) is 1. The lowest BCUT2D eigenvalue weighted by Gasteiger charge is -2.25. The molecule has 0 aliphatic carbocycles. The van der Waals surface area contributed by atoms with E-state index in [0.29, 0.717) is 6.54 Å². The summed E-state index contributed by atoms with van der Waals surface area (Å²) >= 11 is 0. The number of amides is 1. The SMILES string of the molecule is C[C@H](N)C(=O)N1CCC[C@H]1CC(=O)O.Cl. The second kappa shape index (κ2) is 5.92. The Morgan fingerprint density at radius 2 is 2.20 bits per heavy atom. The molecule has 0 saturated carbocycles. The van der Waals surface area contributed by atoms with Gasteiger partial charge in [-0.2, -0.15) is 0 Å². The lowest BCUT2D eigenvalue weighted by molar-refractivity contribution is -0.140. The summed E-state index contributed by atoms with van der Waals surface area (Å²) in [4.78, 5) is 23.7. The van der Waals surface area contributed by atoms with Gasteiger partial charge >= 0.3 is 5.97 Å². The van der Waals surface area contributed by atoms with Gasteiger partial charge in [0.1, 0.15) is 0 Å². The molecule has 3 N–H and O–H groups in total. The van der Waals surface area contributed by atoms with Gasteiger partial charge in [0, 0.05) is 12.6 Å². The van der Waals surface area contributed by atoms with Gasteiger partial charge in [0.15, 0.2) is 0 Å².